The minimum atomic E-state index is -0.833. The predicted molar refractivity (Wildman–Crippen MR) is 64.1 cm³/mol. The van der Waals surface area contributed by atoms with Crippen molar-refractivity contribution in [2.75, 3.05) is 0 Å². The number of hydrogen-bond acceptors (Lipinski definition) is 2. The normalized spacial score (nSPS) is 10.8. The molecule has 1 atom stereocenters. The average molecular weight is 322 g/mol. The van der Waals surface area contributed by atoms with Gasteiger partial charge in [-0.2, -0.15) is 0 Å². The zero-order chi connectivity index (χ0) is 11.8. The summed E-state index contributed by atoms with van der Waals surface area (Å²) in [6.07, 6.45) is 0. The molecule has 4 nitrogen and oxygen atoms in total. The molecule has 1 aromatic rings. The summed E-state index contributed by atoms with van der Waals surface area (Å²) >= 11 is 1.90. The fraction of sp³-hybridized carbons (Fsp3) is 0.200. The topological polar surface area (TPSA) is 74.6 Å². The Bertz CT molecular complexity index is 319. The molecule has 0 aromatic heterocycles. The number of carboxylic acid groups (broad SMARTS) is 2. The summed E-state index contributed by atoms with van der Waals surface area (Å²) in [6, 6.07) is 9.17. The monoisotopic (exact) mass is 322 g/mol. The Labute approximate surface area is 101 Å². The van der Waals surface area contributed by atoms with E-state index in [1.165, 1.54) is 0 Å². The molecule has 0 radical (unpaired) electrons. The smallest absolute Gasteiger partial charge is 0.320 e. The zero-order valence-corrected chi connectivity index (χ0v) is 10.2. The van der Waals surface area contributed by atoms with Gasteiger partial charge in [0.2, 0.25) is 0 Å². The molecule has 0 spiro atoms. The molecule has 1 unspecified atom stereocenters. The van der Waals surface area contributed by atoms with Gasteiger partial charge in [0.15, 0.2) is 0 Å². The molecule has 0 heterocycles. The van der Waals surface area contributed by atoms with Crippen LogP contribution in [0, 0.1) is 0 Å². The van der Waals surface area contributed by atoms with Gasteiger partial charge in [0.1, 0.15) is 3.92 Å². The fourth-order valence-electron chi connectivity index (χ4n) is 0.765. The van der Waals surface area contributed by atoms with Crippen molar-refractivity contribution in [2.45, 2.75) is 10.8 Å². The van der Waals surface area contributed by atoms with E-state index in [0.717, 1.165) is 12.5 Å². The highest BCUT2D eigenvalue weighted by Gasteiger charge is 2.13. The van der Waals surface area contributed by atoms with Gasteiger partial charge >= 0.3 is 5.97 Å². The van der Waals surface area contributed by atoms with Crippen LogP contribution in [-0.2, 0) is 9.59 Å². The van der Waals surface area contributed by atoms with Gasteiger partial charge in [-0.25, -0.2) is 0 Å². The van der Waals surface area contributed by atoms with Crippen LogP contribution >= 0.6 is 22.6 Å². The van der Waals surface area contributed by atoms with Crippen molar-refractivity contribution in [1.82, 2.24) is 0 Å². The summed E-state index contributed by atoms with van der Waals surface area (Å²) in [5.41, 5.74) is 0.834. The Hall–Kier alpha value is -1.11. The van der Waals surface area contributed by atoms with Crippen LogP contribution in [0.2, 0.25) is 0 Å². The van der Waals surface area contributed by atoms with Gasteiger partial charge < -0.3 is 10.2 Å². The van der Waals surface area contributed by atoms with Crippen LogP contribution in [0.25, 0.3) is 0 Å². The van der Waals surface area contributed by atoms with E-state index in [1.807, 2.05) is 52.9 Å². The number of aliphatic carboxylic acids is 2. The zero-order valence-electron chi connectivity index (χ0n) is 8.05. The van der Waals surface area contributed by atoms with E-state index in [9.17, 15) is 4.79 Å². The second-order valence-corrected chi connectivity index (χ2v) is 3.88. The highest BCUT2D eigenvalue weighted by atomic mass is 127. The van der Waals surface area contributed by atoms with E-state index in [-0.39, 0.29) is 0 Å². The molecule has 15 heavy (non-hydrogen) atoms. The van der Waals surface area contributed by atoms with E-state index >= 15 is 0 Å². The maximum Gasteiger partial charge on any atom is 0.320 e. The first-order valence-corrected chi connectivity index (χ1v) is 5.31. The van der Waals surface area contributed by atoms with Crippen molar-refractivity contribution in [2.24, 2.45) is 0 Å². The van der Waals surface area contributed by atoms with E-state index in [0.29, 0.717) is 0 Å². The summed E-state index contributed by atoms with van der Waals surface area (Å²) in [5.74, 6) is -1.63. The van der Waals surface area contributed by atoms with E-state index < -0.39 is 15.9 Å². The number of carboxylic acids is 2. The Morgan fingerprint density at radius 2 is 1.60 bits per heavy atom. The number of halogens is 1. The first-order valence-electron chi connectivity index (χ1n) is 4.06. The molecule has 0 bridgehead atoms. The molecule has 0 amide bonds. The van der Waals surface area contributed by atoms with E-state index in [1.54, 1.807) is 0 Å². The van der Waals surface area contributed by atoms with Crippen molar-refractivity contribution < 1.29 is 19.8 Å². The quantitative estimate of drug-likeness (QED) is 0.647. The molecule has 0 aliphatic heterocycles. The third kappa shape index (κ3) is 6.89. The lowest BCUT2D eigenvalue weighted by Crippen LogP contribution is -2.03. The Morgan fingerprint density at radius 1 is 1.20 bits per heavy atom. The molecule has 1 rings (SSSR count). The number of hydrogen-bond donors (Lipinski definition) is 2. The van der Waals surface area contributed by atoms with Gasteiger partial charge in [0, 0.05) is 6.92 Å². The van der Waals surface area contributed by atoms with Crippen molar-refractivity contribution in [3.8, 4) is 0 Å². The summed E-state index contributed by atoms with van der Waals surface area (Å²) in [7, 11) is 0. The predicted octanol–water partition coefficient (Wildman–Crippen LogP) is 2.34. The second kappa shape index (κ2) is 7.22. The Morgan fingerprint density at radius 3 is 1.93 bits per heavy atom. The van der Waals surface area contributed by atoms with Gasteiger partial charge in [0.25, 0.3) is 5.97 Å². The molecule has 82 valence electrons. The van der Waals surface area contributed by atoms with Gasteiger partial charge in [-0.05, 0) is 5.56 Å². The van der Waals surface area contributed by atoms with Gasteiger partial charge in [-0.1, -0.05) is 52.9 Å². The number of rotatable bonds is 2. The minimum absolute atomic E-state index is 0.436. The van der Waals surface area contributed by atoms with Crippen LogP contribution in [0.4, 0.5) is 0 Å². The molecule has 0 saturated carbocycles. The number of carbonyl (C=O) groups is 2. The third-order valence-electron chi connectivity index (χ3n) is 1.31. The third-order valence-corrected chi connectivity index (χ3v) is 2.56. The van der Waals surface area contributed by atoms with Gasteiger partial charge in [0.05, 0.1) is 0 Å². The summed E-state index contributed by atoms with van der Waals surface area (Å²) < 4.78 is -0.436. The van der Waals surface area contributed by atoms with Gasteiger partial charge in [-0.3, -0.25) is 9.59 Å². The second-order valence-electron chi connectivity index (χ2n) is 2.63. The first-order chi connectivity index (χ1) is 6.95. The van der Waals surface area contributed by atoms with Crippen molar-refractivity contribution in [3.05, 3.63) is 35.9 Å². The highest BCUT2D eigenvalue weighted by Crippen LogP contribution is 2.22. The lowest BCUT2D eigenvalue weighted by molar-refractivity contribution is -0.136. The molecule has 5 heteroatoms. The van der Waals surface area contributed by atoms with Crippen LogP contribution in [0.5, 0.6) is 0 Å². The maximum absolute atomic E-state index is 10.5. The van der Waals surface area contributed by atoms with Crippen LogP contribution in [0.15, 0.2) is 30.3 Å². The lowest BCUT2D eigenvalue weighted by Gasteiger charge is -2.02. The highest BCUT2D eigenvalue weighted by molar-refractivity contribution is 14.1. The number of alkyl halides is 1. The van der Waals surface area contributed by atoms with Crippen LogP contribution in [0.1, 0.15) is 16.4 Å². The van der Waals surface area contributed by atoms with Crippen LogP contribution in [-0.4, -0.2) is 22.2 Å². The van der Waals surface area contributed by atoms with Crippen molar-refractivity contribution in [1.29, 1.82) is 0 Å². The van der Waals surface area contributed by atoms with Gasteiger partial charge in [-0.15, -0.1) is 0 Å². The van der Waals surface area contributed by atoms with Crippen molar-refractivity contribution in [3.63, 3.8) is 0 Å². The molecule has 0 fully saturated rings. The van der Waals surface area contributed by atoms with Crippen LogP contribution < -0.4 is 0 Å². The lowest BCUT2D eigenvalue weighted by atomic mass is 10.2. The minimum Gasteiger partial charge on any atom is -0.481 e. The maximum atomic E-state index is 10.5. The molecule has 0 aliphatic carbocycles. The summed E-state index contributed by atoms with van der Waals surface area (Å²) in [4.78, 5) is 19.5. The standard InChI is InChI=1S/C8H7IO2.C2H4O2/c9-7(8(10)11)6-4-2-1-3-5-6;1-2(3)4/h1-5,7H,(H,10,11);1H3,(H,3,4). The van der Waals surface area contributed by atoms with Crippen LogP contribution in [0.3, 0.4) is 0 Å². The SMILES string of the molecule is CC(=O)O.O=C(O)C(I)c1ccccc1. The molecule has 0 aliphatic rings. The van der Waals surface area contributed by atoms with Crippen molar-refractivity contribution >= 4 is 34.5 Å². The summed E-state index contributed by atoms with van der Waals surface area (Å²) in [5, 5.41) is 16.0. The molecule has 1 aromatic carbocycles. The Kier molecular flexibility index (Phi) is 6.68. The largest absolute Gasteiger partial charge is 0.481 e. The van der Waals surface area contributed by atoms with E-state index in [4.69, 9.17) is 15.0 Å². The fourth-order valence-corrected chi connectivity index (χ4v) is 1.18. The molecule has 2 N–H and O–H groups in total. The average Bonchev–Trinajstić information content (AvgIpc) is 2.17. The summed E-state index contributed by atoms with van der Waals surface area (Å²) in [6.45, 7) is 1.08. The molecular weight excluding hydrogens is 311 g/mol. The van der Waals surface area contributed by atoms with E-state index in [2.05, 4.69) is 0 Å². The molecular formula is C10H11IO4. The molecule has 0 saturated heterocycles. The number of benzene rings is 1. The first kappa shape index (κ1) is 13.9. The Balaban J connectivity index is 0.000000423.